The van der Waals surface area contributed by atoms with Gasteiger partial charge >= 0.3 is 0 Å². The summed E-state index contributed by atoms with van der Waals surface area (Å²) in [5.41, 5.74) is 6.90. The van der Waals surface area contributed by atoms with Crippen molar-refractivity contribution in [3.8, 4) is 0 Å². The maximum Gasteiger partial charge on any atom is 0.221 e. The summed E-state index contributed by atoms with van der Waals surface area (Å²) in [6.45, 7) is 2.59. The van der Waals surface area contributed by atoms with Crippen LogP contribution >= 0.6 is 11.6 Å². The van der Waals surface area contributed by atoms with E-state index in [0.29, 0.717) is 18.0 Å². The van der Waals surface area contributed by atoms with Crippen molar-refractivity contribution in [2.45, 2.75) is 38.6 Å². The van der Waals surface area contributed by atoms with Crippen molar-refractivity contribution in [2.24, 2.45) is 11.1 Å². The van der Waals surface area contributed by atoms with Gasteiger partial charge in [-0.05, 0) is 49.4 Å². The first kappa shape index (κ1) is 14.4. The van der Waals surface area contributed by atoms with Crippen LogP contribution in [0.5, 0.6) is 0 Å². The molecule has 1 fully saturated rings. The standard InChI is InChI=1S/C15H21ClN2O/c1-11(12-3-5-13(16)6-4-12)18-14(19)9-15(10-17)7-2-8-15/h3-6,11H,2,7-10,17H2,1H3,(H,18,19)/t11-/m1/s1. The average molecular weight is 281 g/mol. The number of nitrogens with two attached hydrogens (primary N) is 1. The van der Waals surface area contributed by atoms with Gasteiger partial charge in [0.25, 0.3) is 0 Å². The summed E-state index contributed by atoms with van der Waals surface area (Å²) in [6.07, 6.45) is 3.89. The van der Waals surface area contributed by atoms with E-state index in [1.165, 1.54) is 6.42 Å². The first-order chi connectivity index (χ1) is 9.04. The van der Waals surface area contributed by atoms with Crippen molar-refractivity contribution in [1.29, 1.82) is 0 Å². The van der Waals surface area contributed by atoms with Gasteiger partial charge in [-0.2, -0.15) is 0 Å². The summed E-state index contributed by atoms with van der Waals surface area (Å²) in [6, 6.07) is 7.56. The molecule has 19 heavy (non-hydrogen) atoms. The van der Waals surface area contributed by atoms with E-state index >= 15 is 0 Å². The maximum absolute atomic E-state index is 12.1. The third kappa shape index (κ3) is 3.48. The van der Waals surface area contributed by atoms with Gasteiger partial charge in [0.15, 0.2) is 0 Å². The minimum atomic E-state index is -0.000308. The zero-order valence-corrected chi connectivity index (χ0v) is 12.0. The Kier molecular flexibility index (Phi) is 4.48. The van der Waals surface area contributed by atoms with E-state index in [0.717, 1.165) is 18.4 Å². The van der Waals surface area contributed by atoms with Gasteiger partial charge in [0, 0.05) is 11.4 Å². The summed E-state index contributed by atoms with van der Waals surface area (Å²) in [5, 5.41) is 3.74. The zero-order chi connectivity index (χ0) is 13.9. The number of hydrogen-bond donors (Lipinski definition) is 2. The van der Waals surface area contributed by atoms with Crippen LogP contribution in [-0.4, -0.2) is 12.5 Å². The SMILES string of the molecule is C[C@@H](NC(=O)CC1(CN)CCC1)c1ccc(Cl)cc1. The first-order valence-electron chi connectivity index (χ1n) is 6.80. The number of amides is 1. The van der Waals surface area contributed by atoms with Gasteiger partial charge < -0.3 is 11.1 Å². The predicted octanol–water partition coefficient (Wildman–Crippen LogP) is 3.04. The minimum Gasteiger partial charge on any atom is -0.350 e. The second kappa shape index (κ2) is 5.93. The molecule has 1 aliphatic rings. The van der Waals surface area contributed by atoms with Crippen molar-refractivity contribution in [3.05, 3.63) is 34.9 Å². The summed E-state index contributed by atoms with van der Waals surface area (Å²) in [7, 11) is 0. The summed E-state index contributed by atoms with van der Waals surface area (Å²) in [4.78, 5) is 12.1. The molecule has 0 unspecified atom stereocenters. The molecule has 1 aromatic carbocycles. The highest BCUT2D eigenvalue weighted by Gasteiger charge is 2.37. The molecule has 1 aromatic rings. The Morgan fingerprint density at radius 3 is 2.53 bits per heavy atom. The lowest BCUT2D eigenvalue weighted by Crippen LogP contribution is -2.42. The molecule has 0 spiro atoms. The molecule has 2 rings (SSSR count). The van der Waals surface area contributed by atoms with Gasteiger partial charge in [0.2, 0.25) is 5.91 Å². The van der Waals surface area contributed by atoms with E-state index in [-0.39, 0.29) is 17.4 Å². The second-order valence-electron chi connectivity index (χ2n) is 5.58. The maximum atomic E-state index is 12.1. The molecule has 4 heteroatoms. The highest BCUT2D eigenvalue weighted by atomic mass is 35.5. The molecule has 0 aromatic heterocycles. The second-order valence-corrected chi connectivity index (χ2v) is 6.01. The van der Waals surface area contributed by atoms with E-state index in [2.05, 4.69) is 5.32 Å². The lowest BCUT2D eigenvalue weighted by molar-refractivity contribution is -0.125. The molecular formula is C15H21ClN2O. The smallest absolute Gasteiger partial charge is 0.221 e. The van der Waals surface area contributed by atoms with Crippen LogP contribution < -0.4 is 11.1 Å². The van der Waals surface area contributed by atoms with E-state index in [1.54, 1.807) is 0 Å². The van der Waals surface area contributed by atoms with E-state index in [1.807, 2.05) is 31.2 Å². The molecule has 1 aliphatic carbocycles. The van der Waals surface area contributed by atoms with Crippen LogP contribution in [0.2, 0.25) is 5.02 Å². The molecule has 3 N–H and O–H groups in total. The summed E-state index contributed by atoms with van der Waals surface area (Å²) < 4.78 is 0. The Hall–Kier alpha value is -1.06. The molecule has 1 atom stereocenters. The van der Waals surface area contributed by atoms with Gasteiger partial charge in [-0.1, -0.05) is 30.2 Å². The predicted molar refractivity (Wildman–Crippen MR) is 78.0 cm³/mol. The topological polar surface area (TPSA) is 55.1 Å². The Balaban J connectivity index is 1.89. The van der Waals surface area contributed by atoms with Crippen molar-refractivity contribution in [1.82, 2.24) is 5.32 Å². The van der Waals surface area contributed by atoms with E-state index in [9.17, 15) is 4.79 Å². The van der Waals surface area contributed by atoms with Crippen molar-refractivity contribution in [2.75, 3.05) is 6.54 Å². The van der Waals surface area contributed by atoms with Crippen LogP contribution in [0.3, 0.4) is 0 Å². The van der Waals surface area contributed by atoms with Crippen molar-refractivity contribution < 1.29 is 4.79 Å². The van der Waals surface area contributed by atoms with E-state index < -0.39 is 0 Å². The molecule has 1 saturated carbocycles. The lowest BCUT2D eigenvalue weighted by Gasteiger charge is -2.40. The Morgan fingerprint density at radius 2 is 2.05 bits per heavy atom. The van der Waals surface area contributed by atoms with Gasteiger partial charge in [0.1, 0.15) is 0 Å². The van der Waals surface area contributed by atoms with Crippen molar-refractivity contribution in [3.63, 3.8) is 0 Å². The molecular weight excluding hydrogens is 260 g/mol. The van der Waals surface area contributed by atoms with Crippen LogP contribution in [0, 0.1) is 5.41 Å². The third-order valence-corrected chi connectivity index (χ3v) is 4.38. The lowest BCUT2D eigenvalue weighted by atomic mass is 9.66. The third-order valence-electron chi connectivity index (χ3n) is 4.13. The van der Waals surface area contributed by atoms with Crippen LogP contribution in [0.1, 0.15) is 44.2 Å². The molecule has 0 bridgehead atoms. The summed E-state index contributed by atoms with van der Waals surface area (Å²) in [5.74, 6) is 0.0904. The fraction of sp³-hybridized carbons (Fsp3) is 0.533. The quantitative estimate of drug-likeness (QED) is 0.871. The summed E-state index contributed by atoms with van der Waals surface area (Å²) >= 11 is 5.85. The Morgan fingerprint density at radius 1 is 1.42 bits per heavy atom. The fourth-order valence-electron chi connectivity index (χ4n) is 2.60. The average Bonchev–Trinajstić information content (AvgIpc) is 2.34. The monoisotopic (exact) mass is 280 g/mol. The number of hydrogen-bond acceptors (Lipinski definition) is 2. The molecule has 1 amide bonds. The normalized spacial score (nSPS) is 18.5. The van der Waals surface area contributed by atoms with Crippen LogP contribution in [-0.2, 0) is 4.79 Å². The zero-order valence-electron chi connectivity index (χ0n) is 11.3. The van der Waals surface area contributed by atoms with Crippen LogP contribution in [0.15, 0.2) is 24.3 Å². The van der Waals surface area contributed by atoms with Gasteiger partial charge in [0.05, 0.1) is 6.04 Å². The Labute approximate surface area is 119 Å². The van der Waals surface area contributed by atoms with Crippen molar-refractivity contribution >= 4 is 17.5 Å². The number of benzene rings is 1. The van der Waals surface area contributed by atoms with Crippen LogP contribution in [0.4, 0.5) is 0 Å². The molecule has 0 radical (unpaired) electrons. The number of rotatable bonds is 5. The minimum absolute atomic E-state index is 0.000308. The number of halogens is 1. The van der Waals surface area contributed by atoms with Gasteiger partial charge in [-0.3, -0.25) is 4.79 Å². The molecule has 0 heterocycles. The number of carbonyl (C=O) groups is 1. The highest BCUT2D eigenvalue weighted by molar-refractivity contribution is 6.30. The fourth-order valence-corrected chi connectivity index (χ4v) is 2.72. The van der Waals surface area contributed by atoms with Gasteiger partial charge in [-0.15, -0.1) is 0 Å². The number of carbonyl (C=O) groups excluding carboxylic acids is 1. The largest absolute Gasteiger partial charge is 0.350 e. The Bertz CT molecular complexity index is 434. The van der Waals surface area contributed by atoms with Crippen LogP contribution in [0.25, 0.3) is 0 Å². The molecule has 104 valence electrons. The highest BCUT2D eigenvalue weighted by Crippen LogP contribution is 2.42. The molecule has 0 saturated heterocycles. The van der Waals surface area contributed by atoms with E-state index in [4.69, 9.17) is 17.3 Å². The first-order valence-corrected chi connectivity index (χ1v) is 7.17. The molecule has 0 aliphatic heterocycles. The number of nitrogens with one attached hydrogen (secondary N) is 1. The van der Waals surface area contributed by atoms with Gasteiger partial charge in [-0.25, -0.2) is 0 Å². The molecule has 3 nitrogen and oxygen atoms in total.